The molecule has 0 amide bonds. The number of hydrogen-bond donors (Lipinski definition) is 2. The molecule has 0 unspecified atom stereocenters. The summed E-state index contributed by atoms with van der Waals surface area (Å²) in [5.74, 6) is 1.55. The van der Waals surface area contributed by atoms with Gasteiger partial charge in [-0.2, -0.15) is 0 Å². The first-order valence-corrected chi connectivity index (χ1v) is 18.2. The number of H-pyrrole nitrogens is 2. The van der Waals surface area contributed by atoms with Crippen LogP contribution in [-0.2, 0) is 0 Å². The molecule has 6 nitrogen and oxygen atoms in total. The number of rotatable bonds is 6. The third-order valence-corrected chi connectivity index (χ3v) is 10.3. The molecule has 2 aliphatic rings. The van der Waals surface area contributed by atoms with Gasteiger partial charge < -0.3 is 19.4 Å². The summed E-state index contributed by atoms with van der Waals surface area (Å²) in [5, 5.41) is 1.33. The molecule has 0 spiro atoms. The fourth-order valence-electron chi connectivity index (χ4n) is 7.17. The normalized spacial score (nSPS) is 11.9. The predicted molar refractivity (Wildman–Crippen MR) is 224 cm³/mol. The topological polar surface area (TPSA) is 75.8 Å². The molecule has 3 aromatic heterocycles. The summed E-state index contributed by atoms with van der Waals surface area (Å²) in [7, 11) is 3.34. The highest BCUT2D eigenvalue weighted by molar-refractivity contribution is 6.31. The number of ether oxygens (including phenoxy) is 2. The van der Waals surface area contributed by atoms with Crippen molar-refractivity contribution in [1.82, 2.24) is 19.9 Å². The van der Waals surface area contributed by atoms with E-state index >= 15 is 0 Å². The summed E-state index contributed by atoms with van der Waals surface area (Å²) < 4.78 is 11.0. The van der Waals surface area contributed by atoms with Crippen molar-refractivity contribution in [2.45, 2.75) is 0 Å². The molecule has 4 aromatic carbocycles. The van der Waals surface area contributed by atoms with Crippen LogP contribution in [0, 0.1) is 0 Å². The summed E-state index contributed by atoms with van der Waals surface area (Å²) in [6.07, 6.45) is 8.32. The quantitative estimate of drug-likeness (QED) is 0.178. The number of aromatic nitrogens is 4. The molecule has 262 valence electrons. The Morgan fingerprint density at radius 2 is 0.630 bits per heavy atom. The second-order valence-electron chi connectivity index (χ2n) is 13.0. The van der Waals surface area contributed by atoms with Gasteiger partial charge in [-0.25, -0.2) is 9.97 Å². The van der Waals surface area contributed by atoms with Crippen LogP contribution in [0.2, 0.25) is 10.0 Å². The first-order valence-electron chi connectivity index (χ1n) is 17.4. The SMILES string of the molecule is COc1ccc(-c2c3nc(c(-c4ccc(Cl)cc4)c4ccc([nH]4)c(-c4ccc(OC)cc4)c4nc(c(-c5ccc(Cl)cc5)c5ccc2[nH]5)C=C4)C=C3)cc1. The minimum absolute atomic E-state index is 0.663. The number of benzene rings is 4. The van der Waals surface area contributed by atoms with Crippen molar-refractivity contribution in [2.75, 3.05) is 14.2 Å². The number of hydrogen-bond acceptors (Lipinski definition) is 4. The number of methoxy groups -OCH3 is 2. The molecule has 2 N–H and O–H groups in total. The molecule has 0 fully saturated rings. The second kappa shape index (κ2) is 13.9. The van der Waals surface area contributed by atoms with Crippen molar-refractivity contribution in [2.24, 2.45) is 0 Å². The number of halogens is 2. The Kier molecular flexibility index (Phi) is 8.62. The van der Waals surface area contributed by atoms with Gasteiger partial charge in [-0.05, 0) is 119 Å². The van der Waals surface area contributed by atoms with E-state index in [4.69, 9.17) is 42.6 Å². The molecule has 2 aliphatic heterocycles. The van der Waals surface area contributed by atoms with Crippen LogP contribution in [0.15, 0.2) is 121 Å². The zero-order chi connectivity index (χ0) is 36.8. The predicted octanol–water partition coefficient (Wildman–Crippen LogP) is 12.6. The molecular formula is C46H32Cl2N4O2. The molecule has 0 saturated heterocycles. The molecule has 7 aromatic rings. The van der Waals surface area contributed by atoms with Crippen molar-refractivity contribution >= 4 is 69.6 Å². The van der Waals surface area contributed by atoms with Crippen LogP contribution in [0.4, 0.5) is 0 Å². The lowest BCUT2D eigenvalue weighted by Crippen LogP contribution is -1.90. The van der Waals surface area contributed by atoms with Crippen molar-refractivity contribution < 1.29 is 9.47 Å². The molecule has 5 heterocycles. The van der Waals surface area contributed by atoms with Crippen LogP contribution in [0.5, 0.6) is 11.5 Å². The first-order chi connectivity index (χ1) is 26.4. The lowest BCUT2D eigenvalue weighted by molar-refractivity contribution is 0.415. The van der Waals surface area contributed by atoms with Gasteiger partial charge in [0, 0.05) is 54.4 Å². The highest BCUT2D eigenvalue weighted by Gasteiger charge is 2.19. The van der Waals surface area contributed by atoms with Crippen molar-refractivity contribution in [1.29, 1.82) is 0 Å². The maximum Gasteiger partial charge on any atom is 0.118 e. The van der Waals surface area contributed by atoms with E-state index in [-0.39, 0.29) is 0 Å². The van der Waals surface area contributed by atoms with E-state index in [0.29, 0.717) is 10.0 Å². The summed E-state index contributed by atoms with van der Waals surface area (Å²) in [4.78, 5) is 18.2. The molecule has 0 radical (unpaired) electrons. The second-order valence-corrected chi connectivity index (χ2v) is 13.8. The van der Waals surface area contributed by atoms with E-state index in [0.717, 1.165) is 101 Å². The van der Waals surface area contributed by atoms with Crippen LogP contribution in [0.3, 0.4) is 0 Å². The van der Waals surface area contributed by atoms with Gasteiger partial charge in [0.25, 0.3) is 0 Å². The summed E-state index contributed by atoms with van der Waals surface area (Å²) in [6.45, 7) is 0. The minimum Gasteiger partial charge on any atom is -0.497 e. The number of fused-ring (bicyclic) bond motifs is 8. The van der Waals surface area contributed by atoms with E-state index in [1.807, 2.05) is 72.8 Å². The van der Waals surface area contributed by atoms with Gasteiger partial charge in [-0.15, -0.1) is 0 Å². The van der Waals surface area contributed by atoms with Crippen molar-refractivity contribution in [3.63, 3.8) is 0 Å². The van der Waals surface area contributed by atoms with Crippen LogP contribution >= 0.6 is 23.2 Å². The highest BCUT2D eigenvalue weighted by Crippen LogP contribution is 2.39. The van der Waals surface area contributed by atoms with Gasteiger partial charge in [-0.1, -0.05) is 71.7 Å². The molecule has 8 heteroatoms. The lowest BCUT2D eigenvalue weighted by Gasteiger charge is -2.08. The fraction of sp³-hybridized carbons (Fsp3) is 0.0435. The molecule has 8 bridgehead atoms. The van der Waals surface area contributed by atoms with Crippen LogP contribution in [0.25, 0.3) is 90.9 Å². The zero-order valence-corrected chi connectivity index (χ0v) is 30.8. The van der Waals surface area contributed by atoms with E-state index in [9.17, 15) is 0 Å². The zero-order valence-electron chi connectivity index (χ0n) is 29.3. The Hall–Kier alpha value is -6.34. The number of nitrogens with zero attached hydrogens (tertiary/aromatic N) is 2. The summed E-state index contributed by atoms with van der Waals surface area (Å²) in [5.41, 5.74) is 14.6. The average Bonchev–Trinajstić information content (AvgIpc) is 4.05. The molecule has 0 saturated carbocycles. The highest BCUT2D eigenvalue weighted by atomic mass is 35.5. The molecule has 0 atom stereocenters. The van der Waals surface area contributed by atoms with Crippen LogP contribution < -0.4 is 9.47 Å². The van der Waals surface area contributed by atoms with E-state index in [1.165, 1.54) is 0 Å². The van der Waals surface area contributed by atoms with Gasteiger partial charge in [-0.3, -0.25) is 0 Å². The van der Waals surface area contributed by atoms with Crippen LogP contribution in [-0.4, -0.2) is 34.2 Å². The average molecular weight is 744 g/mol. The molecule has 54 heavy (non-hydrogen) atoms. The first kappa shape index (κ1) is 33.5. The lowest BCUT2D eigenvalue weighted by atomic mass is 10.0. The minimum atomic E-state index is 0.663. The number of nitrogens with one attached hydrogen (secondary N) is 2. The largest absolute Gasteiger partial charge is 0.497 e. The van der Waals surface area contributed by atoms with Gasteiger partial charge in [0.05, 0.1) is 37.0 Å². The maximum absolute atomic E-state index is 6.39. The molecule has 9 rings (SSSR count). The standard InChI is InChI=1S/C46H32Cl2N4O2/c1-53-33-15-7-29(8-16-33)45-39-23-19-35(49-39)43(27-3-11-31(47)12-4-27)37-21-25-41(51-37)46(30-9-17-34(54-2)18-10-30)42-26-22-38(52-42)44(36-20-24-40(45)50-36)28-5-13-32(48)14-6-28/h3-26,49,52H,1-2H3. The van der Waals surface area contributed by atoms with Gasteiger partial charge in [0.15, 0.2) is 0 Å². The van der Waals surface area contributed by atoms with Crippen molar-refractivity contribution in [3.8, 4) is 56.0 Å². The Morgan fingerprint density at radius 3 is 0.889 bits per heavy atom. The molecular weight excluding hydrogens is 711 g/mol. The van der Waals surface area contributed by atoms with E-state index < -0.39 is 0 Å². The van der Waals surface area contributed by atoms with Gasteiger partial charge >= 0.3 is 0 Å². The van der Waals surface area contributed by atoms with E-state index in [2.05, 4.69) is 82.8 Å². The maximum atomic E-state index is 6.39. The summed E-state index contributed by atoms with van der Waals surface area (Å²) >= 11 is 12.8. The third kappa shape index (κ3) is 6.15. The fourth-order valence-corrected chi connectivity index (χ4v) is 7.42. The Morgan fingerprint density at radius 1 is 0.370 bits per heavy atom. The van der Waals surface area contributed by atoms with Crippen LogP contribution in [0.1, 0.15) is 22.8 Å². The Balaban J connectivity index is 1.45. The Bertz CT molecular complexity index is 2590. The third-order valence-electron chi connectivity index (χ3n) is 9.78. The summed E-state index contributed by atoms with van der Waals surface area (Å²) in [6, 6.07) is 40.3. The smallest absolute Gasteiger partial charge is 0.118 e. The number of aromatic amines is 2. The van der Waals surface area contributed by atoms with Gasteiger partial charge in [0.2, 0.25) is 0 Å². The van der Waals surface area contributed by atoms with E-state index in [1.54, 1.807) is 14.2 Å². The monoisotopic (exact) mass is 742 g/mol. The Labute approximate surface area is 322 Å². The van der Waals surface area contributed by atoms with Crippen molar-refractivity contribution in [3.05, 3.63) is 154 Å². The van der Waals surface area contributed by atoms with Gasteiger partial charge in [0.1, 0.15) is 11.5 Å². The molecule has 0 aliphatic carbocycles.